The minimum Gasteiger partial charge on any atom is -0.302 e. The first-order chi connectivity index (χ1) is 8.46. The number of piperidine rings is 1. The summed E-state index contributed by atoms with van der Waals surface area (Å²) < 4.78 is 0. The van der Waals surface area contributed by atoms with E-state index in [0.717, 1.165) is 0 Å². The summed E-state index contributed by atoms with van der Waals surface area (Å²) in [5.74, 6) is 0.158. The third-order valence-corrected chi connectivity index (χ3v) is 4.16. The van der Waals surface area contributed by atoms with Crippen LogP contribution in [0.5, 0.6) is 0 Å². The largest absolute Gasteiger partial charge is 0.302 e. The molecule has 0 aromatic heterocycles. The van der Waals surface area contributed by atoms with Crippen molar-refractivity contribution in [2.24, 2.45) is 11.3 Å². The van der Waals surface area contributed by atoms with Gasteiger partial charge < -0.3 is 4.90 Å². The number of nitrogens with zero attached hydrogens (tertiary/aromatic N) is 3. The van der Waals surface area contributed by atoms with Crippen LogP contribution in [0.4, 0.5) is 0 Å². The molecular formula is C14H21N3O. The van der Waals surface area contributed by atoms with Gasteiger partial charge >= 0.3 is 0 Å². The normalized spacial score (nSPS) is 32.8. The Balaban J connectivity index is 2.87. The fourth-order valence-corrected chi connectivity index (χ4v) is 2.87. The van der Waals surface area contributed by atoms with E-state index < -0.39 is 5.41 Å². The molecule has 1 saturated heterocycles. The van der Waals surface area contributed by atoms with Gasteiger partial charge in [0.2, 0.25) is 0 Å². The quantitative estimate of drug-likeness (QED) is 0.763. The molecule has 0 aromatic rings. The Morgan fingerprint density at radius 3 is 2.56 bits per heavy atom. The Labute approximate surface area is 109 Å². The van der Waals surface area contributed by atoms with Gasteiger partial charge in [0.25, 0.3) is 0 Å². The van der Waals surface area contributed by atoms with Crippen molar-refractivity contribution in [2.45, 2.75) is 45.6 Å². The molecule has 0 aliphatic carbocycles. The highest BCUT2D eigenvalue weighted by molar-refractivity contribution is 5.88. The summed E-state index contributed by atoms with van der Waals surface area (Å²) in [7, 11) is 2.01. The first-order valence-electron chi connectivity index (χ1n) is 6.44. The molecule has 3 atom stereocenters. The molecular weight excluding hydrogens is 226 g/mol. The van der Waals surface area contributed by atoms with Gasteiger partial charge in [-0.2, -0.15) is 10.5 Å². The molecule has 1 rings (SSSR count). The van der Waals surface area contributed by atoms with E-state index >= 15 is 0 Å². The minimum atomic E-state index is -0.433. The molecule has 0 amide bonds. The van der Waals surface area contributed by atoms with Gasteiger partial charge in [0, 0.05) is 36.8 Å². The van der Waals surface area contributed by atoms with E-state index in [-0.39, 0.29) is 17.7 Å². The van der Waals surface area contributed by atoms with Gasteiger partial charge in [-0.3, -0.25) is 4.79 Å². The van der Waals surface area contributed by atoms with Crippen LogP contribution in [-0.2, 0) is 4.79 Å². The summed E-state index contributed by atoms with van der Waals surface area (Å²) in [6.45, 7) is 4.70. The molecule has 0 aromatic carbocycles. The van der Waals surface area contributed by atoms with Crippen molar-refractivity contribution in [2.75, 3.05) is 13.6 Å². The van der Waals surface area contributed by atoms with E-state index in [1.807, 2.05) is 20.9 Å². The van der Waals surface area contributed by atoms with Crippen LogP contribution in [0.15, 0.2) is 0 Å². The van der Waals surface area contributed by atoms with E-state index in [1.54, 1.807) is 0 Å². The van der Waals surface area contributed by atoms with Gasteiger partial charge in [-0.1, -0.05) is 6.92 Å². The van der Waals surface area contributed by atoms with Crippen LogP contribution in [0.1, 0.15) is 39.5 Å². The van der Waals surface area contributed by atoms with Crippen LogP contribution in [0.25, 0.3) is 0 Å². The van der Waals surface area contributed by atoms with Crippen LogP contribution in [0.3, 0.4) is 0 Å². The maximum Gasteiger partial charge on any atom is 0.144 e. The molecule has 4 heteroatoms. The fraction of sp³-hybridized carbons (Fsp3) is 0.786. The Morgan fingerprint density at radius 1 is 1.39 bits per heavy atom. The SMILES string of the molecule is CC1C(CCC#N)C(=O)C(C)(CCC#N)CN1C. The summed E-state index contributed by atoms with van der Waals surface area (Å²) in [6.07, 6.45) is 2.07. The molecule has 98 valence electrons. The highest BCUT2D eigenvalue weighted by Crippen LogP contribution is 2.37. The molecule has 4 nitrogen and oxygen atoms in total. The van der Waals surface area contributed by atoms with E-state index in [2.05, 4.69) is 17.0 Å². The lowest BCUT2D eigenvalue weighted by Crippen LogP contribution is -2.55. The highest BCUT2D eigenvalue weighted by Gasteiger charge is 2.45. The molecule has 1 heterocycles. The number of likely N-dealkylation sites (tertiary alicyclic amines) is 1. The number of nitriles is 2. The third kappa shape index (κ3) is 2.89. The number of rotatable bonds is 4. The second kappa shape index (κ2) is 5.98. The van der Waals surface area contributed by atoms with Gasteiger partial charge in [-0.05, 0) is 26.8 Å². The molecule has 0 spiro atoms. The molecule has 18 heavy (non-hydrogen) atoms. The van der Waals surface area contributed by atoms with E-state index in [4.69, 9.17) is 10.5 Å². The average molecular weight is 247 g/mol. The van der Waals surface area contributed by atoms with Crippen molar-refractivity contribution < 1.29 is 4.79 Å². The predicted octanol–water partition coefficient (Wildman–Crippen LogP) is 2.12. The number of ketones is 1. The standard InChI is InChI=1S/C14H21N3O/c1-11-12(6-4-8-15)13(18)14(2,7-5-9-16)10-17(11)3/h11-12H,4-7,10H2,1-3H3. The van der Waals surface area contributed by atoms with Gasteiger partial charge in [0.05, 0.1) is 12.1 Å². The van der Waals surface area contributed by atoms with Crippen molar-refractivity contribution in [3.05, 3.63) is 0 Å². The van der Waals surface area contributed by atoms with Crippen LogP contribution >= 0.6 is 0 Å². The average Bonchev–Trinajstić information content (AvgIpc) is 2.34. The van der Waals surface area contributed by atoms with Gasteiger partial charge in [0.1, 0.15) is 5.78 Å². The maximum atomic E-state index is 12.6. The first-order valence-corrected chi connectivity index (χ1v) is 6.44. The molecule has 3 unspecified atom stereocenters. The molecule has 0 saturated carbocycles. The predicted molar refractivity (Wildman–Crippen MR) is 68.4 cm³/mol. The minimum absolute atomic E-state index is 0.0768. The molecule has 1 aliphatic heterocycles. The maximum absolute atomic E-state index is 12.6. The number of carbonyl (C=O) groups excluding carboxylic acids is 1. The van der Waals surface area contributed by atoms with Crippen LogP contribution in [-0.4, -0.2) is 30.3 Å². The van der Waals surface area contributed by atoms with Crippen molar-refractivity contribution in [3.63, 3.8) is 0 Å². The summed E-state index contributed by atoms with van der Waals surface area (Å²) in [5, 5.41) is 17.4. The number of Topliss-reactive ketones (excluding diaryl/α,β-unsaturated/α-hetero) is 1. The second-order valence-electron chi connectivity index (χ2n) is 5.54. The van der Waals surface area contributed by atoms with Crippen molar-refractivity contribution in [3.8, 4) is 12.1 Å². The van der Waals surface area contributed by atoms with Crippen LogP contribution in [0.2, 0.25) is 0 Å². The molecule has 0 bridgehead atoms. The van der Waals surface area contributed by atoms with Crippen LogP contribution < -0.4 is 0 Å². The Bertz CT molecular complexity index is 393. The number of carbonyl (C=O) groups is 1. The Hall–Kier alpha value is -1.39. The zero-order chi connectivity index (χ0) is 13.8. The monoisotopic (exact) mass is 247 g/mol. The smallest absolute Gasteiger partial charge is 0.144 e. The van der Waals surface area contributed by atoms with E-state index in [0.29, 0.717) is 32.2 Å². The van der Waals surface area contributed by atoms with Gasteiger partial charge in [0.15, 0.2) is 0 Å². The van der Waals surface area contributed by atoms with Crippen molar-refractivity contribution >= 4 is 5.78 Å². The highest BCUT2D eigenvalue weighted by atomic mass is 16.1. The fourth-order valence-electron chi connectivity index (χ4n) is 2.87. The van der Waals surface area contributed by atoms with E-state index in [9.17, 15) is 4.79 Å². The lowest BCUT2D eigenvalue weighted by atomic mass is 9.69. The van der Waals surface area contributed by atoms with E-state index in [1.165, 1.54) is 0 Å². The Kier molecular flexibility index (Phi) is 4.87. The molecule has 1 aliphatic rings. The van der Waals surface area contributed by atoms with Gasteiger partial charge in [-0.15, -0.1) is 0 Å². The van der Waals surface area contributed by atoms with Gasteiger partial charge in [-0.25, -0.2) is 0 Å². The summed E-state index contributed by atoms with van der Waals surface area (Å²) in [4.78, 5) is 14.8. The summed E-state index contributed by atoms with van der Waals surface area (Å²) >= 11 is 0. The third-order valence-electron chi connectivity index (χ3n) is 4.16. The zero-order valence-electron chi connectivity index (χ0n) is 11.4. The summed E-state index contributed by atoms with van der Waals surface area (Å²) in [5.41, 5.74) is -0.433. The van der Waals surface area contributed by atoms with Crippen molar-refractivity contribution in [1.29, 1.82) is 10.5 Å². The first kappa shape index (κ1) is 14.7. The second-order valence-corrected chi connectivity index (χ2v) is 5.54. The van der Waals surface area contributed by atoms with Crippen LogP contribution in [0, 0.1) is 34.0 Å². The summed E-state index contributed by atoms with van der Waals surface area (Å²) in [6, 6.07) is 4.42. The Morgan fingerprint density at radius 2 is 2.00 bits per heavy atom. The zero-order valence-corrected chi connectivity index (χ0v) is 11.4. The lowest BCUT2D eigenvalue weighted by Gasteiger charge is -2.45. The topological polar surface area (TPSA) is 67.9 Å². The number of hydrogen-bond acceptors (Lipinski definition) is 4. The number of hydrogen-bond donors (Lipinski definition) is 0. The lowest BCUT2D eigenvalue weighted by molar-refractivity contribution is -0.141. The molecule has 0 radical (unpaired) electrons. The molecule has 0 N–H and O–H groups in total. The molecule has 1 fully saturated rings. The van der Waals surface area contributed by atoms with Crippen molar-refractivity contribution in [1.82, 2.24) is 4.90 Å².